The van der Waals surface area contributed by atoms with Crippen LogP contribution in [0.3, 0.4) is 0 Å². The van der Waals surface area contributed by atoms with Crippen molar-refractivity contribution in [2.24, 2.45) is 0 Å². The molecule has 0 aliphatic heterocycles. The number of carbonyl (C=O) groups excluding carboxylic acids is 1. The van der Waals surface area contributed by atoms with E-state index in [1.807, 2.05) is 0 Å². The summed E-state index contributed by atoms with van der Waals surface area (Å²) in [6, 6.07) is 7.11. The number of ether oxygens (including phenoxy) is 1. The van der Waals surface area contributed by atoms with E-state index in [0.29, 0.717) is 19.6 Å². The summed E-state index contributed by atoms with van der Waals surface area (Å²) in [5, 5.41) is 2.65. The summed E-state index contributed by atoms with van der Waals surface area (Å²) in [7, 11) is -2.09. The number of benzene rings is 1. The average molecular weight is 300 g/mol. The molecule has 2 N–H and O–H groups in total. The van der Waals surface area contributed by atoms with Crippen molar-refractivity contribution >= 4 is 15.9 Å². The molecule has 0 saturated heterocycles. The molecule has 0 aliphatic rings. The molecule has 0 bridgehead atoms. The van der Waals surface area contributed by atoms with Gasteiger partial charge in [0, 0.05) is 20.3 Å². The number of rotatable bonds is 8. The molecule has 1 aromatic carbocycles. The van der Waals surface area contributed by atoms with E-state index >= 15 is 0 Å². The Balaban J connectivity index is 2.53. The van der Waals surface area contributed by atoms with Crippen LogP contribution in [0.2, 0.25) is 0 Å². The van der Waals surface area contributed by atoms with Crippen LogP contribution in [0, 0.1) is 0 Å². The normalized spacial score (nSPS) is 12.9. The van der Waals surface area contributed by atoms with Gasteiger partial charge < -0.3 is 10.1 Å². The minimum atomic E-state index is -3.68. The number of amides is 1. The average Bonchev–Trinajstić information content (AvgIpc) is 2.44. The van der Waals surface area contributed by atoms with Gasteiger partial charge in [0.1, 0.15) is 0 Å². The molecule has 20 heavy (non-hydrogen) atoms. The van der Waals surface area contributed by atoms with Crippen LogP contribution >= 0.6 is 0 Å². The van der Waals surface area contributed by atoms with Crippen molar-refractivity contribution in [1.82, 2.24) is 10.0 Å². The first-order valence-electron chi connectivity index (χ1n) is 6.31. The van der Waals surface area contributed by atoms with Crippen LogP contribution in [0.5, 0.6) is 0 Å². The lowest BCUT2D eigenvalue weighted by Crippen LogP contribution is -2.45. The zero-order valence-corrected chi connectivity index (χ0v) is 12.4. The molecule has 6 nitrogen and oxygen atoms in total. The number of hydrogen-bond acceptors (Lipinski definition) is 4. The molecule has 0 radical (unpaired) electrons. The van der Waals surface area contributed by atoms with Gasteiger partial charge in [0.15, 0.2) is 0 Å². The van der Waals surface area contributed by atoms with Crippen LogP contribution in [-0.2, 0) is 19.6 Å². The molecule has 112 valence electrons. The predicted molar refractivity (Wildman–Crippen MR) is 75.7 cm³/mol. The van der Waals surface area contributed by atoms with Crippen molar-refractivity contribution in [2.45, 2.75) is 24.3 Å². The number of hydrogen-bond donors (Lipinski definition) is 2. The van der Waals surface area contributed by atoms with Gasteiger partial charge >= 0.3 is 0 Å². The maximum absolute atomic E-state index is 12.0. The summed E-state index contributed by atoms with van der Waals surface area (Å²) in [6.45, 7) is 2.50. The standard InChI is InChI=1S/C13H20N2O4S/c1-11(13(16)14-9-6-10-19-2)15-20(17,18)12-7-4-3-5-8-12/h3-5,7-8,11,15H,6,9-10H2,1-2H3,(H,14,16). The summed E-state index contributed by atoms with van der Waals surface area (Å²) >= 11 is 0. The molecule has 0 fully saturated rings. The van der Waals surface area contributed by atoms with Gasteiger partial charge in [-0.3, -0.25) is 4.79 Å². The lowest BCUT2D eigenvalue weighted by atomic mass is 10.3. The third kappa shape index (κ3) is 5.28. The van der Waals surface area contributed by atoms with Crippen molar-refractivity contribution in [3.8, 4) is 0 Å². The van der Waals surface area contributed by atoms with Crippen molar-refractivity contribution in [2.75, 3.05) is 20.3 Å². The van der Waals surface area contributed by atoms with E-state index in [1.165, 1.54) is 19.1 Å². The SMILES string of the molecule is COCCCNC(=O)C(C)NS(=O)(=O)c1ccccc1. The Labute approximate surface area is 119 Å². The second-order valence-electron chi connectivity index (χ2n) is 4.29. The predicted octanol–water partition coefficient (Wildman–Crippen LogP) is 0.506. The first-order chi connectivity index (χ1) is 9.47. The van der Waals surface area contributed by atoms with Gasteiger partial charge in [-0.25, -0.2) is 8.42 Å². The van der Waals surface area contributed by atoms with E-state index in [1.54, 1.807) is 25.3 Å². The highest BCUT2D eigenvalue weighted by atomic mass is 32.2. The van der Waals surface area contributed by atoms with Crippen LogP contribution in [-0.4, -0.2) is 40.6 Å². The van der Waals surface area contributed by atoms with E-state index < -0.39 is 16.1 Å². The smallest absolute Gasteiger partial charge is 0.241 e. The van der Waals surface area contributed by atoms with Crippen molar-refractivity contribution in [3.63, 3.8) is 0 Å². The number of sulfonamides is 1. The Bertz CT molecular complexity index is 516. The molecule has 7 heteroatoms. The van der Waals surface area contributed by atoms with Gasteiger partial charge in [0.2, 0.25) is 15.9 Å². The second kappa shape index (κ2) is 7.98. The second-order valence-corrected chi connectivity index (χ2v) is 6.01. The fourth-order valence-corrected chi connectivity index (χ4v) is 2.76. The molecular formula is C13H20N2O4S. The number of methoxy groups -OCH3 is 1. The largest absolute Gasteiger partial charge is 0.385 e. The third-order valence-electron chi connectivity index (χ3n) is 2.60. The summed E-state index contributed by atoms with van der Waals surface area (Å²) in [6.07, 6.45) is 0.681. The van der Waals surface area contributed by atoms with Gasteiger partial charge in [-0.15, -0.1) is 0 Å². The fourth-order valence-electron chi connectivity index (χ4n) is 1.54. The molecule has 1 rings (SSSR count). The minimum absolute atomic E-state index is 0.138. The first-order valence-corrected chi connectivity index (χ1v) is 7.79. The number of carbonyl (C=O) groups is 1. The lowest BCUT2D eigenvalue weighted by Gasteiger charge is -2.14. The van der Waals surface area contributed by atoms with E-state index in [-0.39, 0.29) is 10.8 Å². The summed E-state index contributed by atoms with van der Waals surface area (Å²) in [5.41, 5.74) is 0. The summed E-state index contributed by atoms with van der Waals surface area (Å²) < 4.78 is 31.2. The van der Waals surface area contributed by atoms with Crippen molar-refractivity contribution < 1.29 is 17.9 Å². The summed E-state index contributed by atoms with van der Waals surface area (Å²) in [4.78, 5) is 11.9. The van der Waals surface area contributed by atoms with Crippen LogP contribution < -0.4 is 10.0 Å². The van der Waals surface area contributed by atoms with Crippen molar-refractivity contribution in [1.29, 1.82) is 0 Å². The Hall–Kier alpha value is -1.44. The molecule has 0 aliphatic carbocycles. The van der Waals surface area contributed by atoms with E-state index in [4.69, 9.17) is 4.74 Å². The van der Waals surface area contributed by atoms with E-state index in [2.05, 4.69) is 10.0 Å². The third-order valence-corrected chi connectivity index (χ3v) is 4.16. The van der Waals surface area contributed by atoms with Crippen LogP contribution in [0.15, 0.2) is 35.2 Å². The minimum Gasteiger partial charge on any atom is -0.385 e. The molecule has 1 unspecified atom stereocenters. The molecule has 1 atom stereocenters. The van der Waals surface area contributed by atoms with Crippen LogP contribution in [0.25, 0.3) is 0 Å². The van der Waals surface area contributed by atoms with Gasteiger partial charge in [-0.05, 0) is 25.5 Å². The highest BCUT2D eigenvalue weighted by Gasteiger charge is 2.21. The topological polar surface area (TPSA) is 84.5 Å². The Kier molecular flexibility index (Phi) is 6.63. The first kappa shape index (κ1) is 16.6. The monoisotopic (exact) mass is 300 g/mol. The Morgan fingerprint density at radius 3 is 2.55 bits per heavy atom. The molecular weight excluding hydrogens is 280 g/mol. The van der Waals surface area contributed by atoms with Crippen LogP contribution in [0.1, 0.15) is 13.3 Å². The molecule has 1 amide bonds. The quantitative estimate of drug-likeness (QED) is 0.685. The molecule has 1 aromatic rings. The molecule has 0 saturated carbocycles. The highest BCUT2D eigenvalue weighted by Crippen LogP contribution is 2.07. The zero-order chi connectivity index (χ0) is 15.0. The van der Waals surface area contributed by atoms with E-state index in [9.17, 15) is 13.2 Å². The van der Waals surface area contributed by atoms with Crippen LogP contribution in [0.4, 0.5) is 0 Å². The fraction of sp³-hybridized carbons (Fsp3) is 0.462. The maximum Gasteiger partial charge on any atom is 0.241 e. The lowest BCUT2D eigenvalue weighted by molar-refractivity contribution is -0.122. The zero-order valence-electron chi connectivity index (χ0n) is 11.6. The van der Waals surface area contributed by atoms with Crippen molar-refractivity contribution in [3.05, 3.63) is 30.3 Å². The number of nitrogens with one attached hydrogen (secondary N) is 2. The van der Waals surface area contributed by atoms with Gasteiger partial charge in [0.25, 0.3) is 0 Å². The Morgan fingerprint density at radius 2 is 1.95 bits per heavy atom. The summed E-state index contributed by atoms with van der Waals surface area (Å²) in [5.74, 6) is -0.361. The molecule has 0 heterocycles. The molecule has 0 aromatic heterocycles. The Morgan fingerprint density at radius 1 is 1.30 bits per heavy atom. The van der Waals surface area contributed by atoms with E-state index in [0.717, 1.165) is 0 Å². The maximum atomic E-state index is 12.0. The molecule has 0 spiro atoms. The van der Waals surface area contributed by atoms with Gasteiger partial charge in [-0.1, -0.05) is 18.2 Å². The van der Waals surface area contributed by atoms with Gasteiger partial charge in [0.05, 0.1) is 10.9 Å². The van der Waals surface area contributed by atoms with Gasteiger partial charge in [-0.2, -0.15) is 4.72 Å². The highest BCUT2D eigenvalue weighted by molar-refractivity contribution is 7.89.